The van der Waals surface area contributed by atoms with Crippen LogP contribution in [0.4, 0.5) is 0 Å². The second-order valence-corrected chi connectivity index (χ2v) is 4.51. The van der Waals surface area contributed by atoms with Gasteiger partial charge in [-0.1, -0.05) is 12.6 Å². The zero-order chi connectivity index (χ0) is 13.8. The summed E-state index contributed by atoms with van der Waals surface area (Å²) in [7, 11) is 0. The minimum absolute atomic E-state index is 0.306. The molecule has 3 rings (SSSR count). The molecule has 3 heteroatoms. The molecule has 3 nitrogen and oxygen atoms in total. The lowest BCUT2D eigenvalue weighted by Gasteiger charge is -1.99. The number of fused-ring (bicyclic) bond motifs is 1. The van der Waals surface area contributed by atoms with Crippen molar-refractivity contribution in [2.24, 2.45) is 0 Å². The number of aromatic nitrogens is 1. The van der Waals surface area contributed by atoms with E-state index in [1.807, 2.05) is 42.6 Å². The highest BCUT2D eigenvalue weighted by molar-refractivity contribution is 5.68. The number of benzene rings is 1. The summed E-state index contributed by atoms with van der Waals surface area (Å²) in [6, 6.07) is 12.1. The Morgan fingerprint density at radius 3 is 2.90 bits per heavy atom. The summed E-state index contributed by atoms with van der Waals surface area (Å²) < 4.78 is 12.8. The molecule has 1 aromatic heterocycles. The van der Waals surface area contributed by atoms with Gasteiger partial charge in [-0.05, 0) is 35.9 Å². The lowest BCUT2D eigenvalue weighted by Crippen LogP contribution is -2.35. The first kappa shape index (κ1) is 12.5. The molecule has 20 heavy (non-hydrogen) atoms. The molecule has 2 heterocycles. The smallest absolute Gasteiger partial charge is 0.231 e. The Morgan fingerprint density at radius 1 is 1.10 bits per heavy atom. The van der Waals surface area contributed by atoms with Gasteiger partial charge < -0.3 is 9.47 Å². The van der Waals surface area contributed by atoms with Gasteiger partial charge in [-0.15, -0.1) is 0 Å². The standard InChI is InChI=1S/C17H16NO2/c1-2-10-18-11-4-3-5-15(18)8-6-14-7-9-16-17(12-14)20-13-19-16/h2-9,11-12H,1,10,13H2/q+1. The number of rotatable bonds is 4. The van der Waals surface area contributed by atoms with Crippen molar-refractivity contribution in [2.45, 2.75) is 6.54 Å². The van der Waals surface area contributed by atoms with E-state index in [1.54, 1.807) is 0 Å². The van der Waals surface area contributed by atoms with Gasteiger partial charge in [0.2, 0.25) is 12.5 Å². The van der Waals surface area contributed by atoms with Crippen LogP contribution in [0.25, 0.3) is 12.2 Å². The Kier molecular flexibility index (Phi) is 3.50. The summed E-state index contributed by atoms with van der Waals surface area (Å²) in [6.07, 6.45) is 8.08. The zero-order valence-corrected chi connectivity index (χ0v) is 11.2. The van der Waals surface area contributed by atoms with Crippen LogP contribution in [-0.4, -0.2) is 6.79 Å². The molecule has 0 saturated heterocycles. The molecule has 0 aliphatic carbocycles. The number of hydrogen-bond donors (Lipinski definition) is 0. The molecule has 0 bridgehead atoms. The van der Waals surface area contributed by atoms with Crippen LogP contribution < -0.4 is 14.0 Å². The van der Waals surface area contributed by atoms with Crippen molar-refractivity contribution in [1.29, 1.82) is 0 Å². The normalized spacial score (nSPS) is 12.8. The first-order valence-electron chi connectivity index (χ1n) is 6.54. The number of allylic oxidation sites excluding steroid dienone is 1. The summed E-state index contributed by atoms with van der Waals surface area (Å²) in [5, 5.41) is 0. The highest BCUT2D eigenvalue weighted by Gasteiger charge is 2.12. The second-order valence-electron chi connectivity index (χ2n) is 4.51. The van der Waals surface area contributed by atoms with E-state index in [4.69, 9.17) is 9.47 Å². The Hall–Kier alpha value is -2.55. The van der Waals surface area contributed by atoms with Gasteiger partial charge in [-0.2, -0.15) is 4.57 Å². The van der Waals surface area contributed by atoms with Gasteiger partial charge in [0.25, 0.3) is 0 Å². The van der Waals surface area contributed by atoms with Crippen LogP contribution in [0.5, 0.6) is 11.5 Å². The van der Waals surface area contributed by atoms with Gasteiger partial charge in [0.1, 0.15) is 0 Å². The van der Waals surface area contributed by atoms with Crippen molar-refractivity contribution in [1.82, 2.24) is 0 Å². The first-order chi connectivity index (χ1) is 9.86. The molecule has 0 radical (unpaired) electrons. The van der Waals surface area contributed by atoms with Gasteiger partial charge in [0, 0.05) is 18.2 Å². The van der Waals surface area contributed by atoms with Gasteiger partial charge in [0.05, 0.1) is 0 Å². The predicted octanol–water partition coefficient (Wildman–Crippen LogP) is 3.06. The van der Waals surface area contributed by atoms with Gasteiger partial charge >= 0.3 is 0 Å². The third-order valence-electron chi connectivity index (χ3n) is 3.14. The Balaban J connectivity index is 1.85. The van der Waals surface area contributed by atoms with Gasteiger partial charge in [0.15, 0.2) is 24.2 Å². The van der Waals surface area contributed by atoms with Crippen LogP contribution >= 0.6 is 0 Å². The average Bonchev–Trinajstić information content (AvgIpc) is 2.94. The fraction of sp³-hybridized carbons (Fsp3) is 0.118. The lowest BCUT2D eigenvalue weighted by molar-refractivity contribution is -0.688. The second kappa shape index (κ2) is 5.61. The number of pyridine rings is 1. The molecular formula is C17H16NO2+. The van der Waals surface area contributed by atoms with Crippen LogP contribution in [0, 0.1) is 0 Å². The van der Waals surface area contributed by atoms with Crippen LogP contribution in [0.2, 0.25) is 0 Å². The number of nitrogens with zero attached hydrogens (tertiary/aromatic N) is 1. The molecular weight excluding hydrogens is 250 g/mol. The monoisotopic (exact) mass is 266 g/mol. The zero-order valence-electron chi connectivity index (χ0n) is 11.2. The maximum absolute atomic E-state index is 5.38. The predicted molar refractivity (Wildman–Crippen MR) is 78.3 cm³/mol. The topological polar surface area (TPSA) is 22.3 Å². The Morgan fingerprint density at radius 2 is 2.00 bits per heavy atom. The maximum atomic E-state index is 5.38. The molecule has 0 atom stereocenters. The molecule has 0 N–H and O–H groups in total. The van der Waals surface area contributed by atoms with Crippen LogP contribution in [-0.2, 0) is 6.54 Å². The van der Waals surface area contributed by atoms with Crippen molar-refractivity contribution in [2.75, 3.05) is 6.79 Å². The molecule has 100 valence electrons. The fourth-order valence-corrected chi connectivity index (χ4v) is 2.14. The quantitative estimate of drug-likeness (QED) is 0.627. The lowest BCUT2D eigenvalue weighted by atomic mass is 10.1. The largest absolute Gasteiger partial charge is 0.454 e. The van der Waals surface area contributed by atoms with E-state index in [-0.39, 0.29) is 0 Å². The van der Waals surface area contributed by atoms with Crippen LogP contribution in [0.3, 0.4) is 0 Å². The Labute approximate surface area is 118 Å². The van der Waals surface area contributed by atoms with E-state index in [0.29, 0.717) is 6.79 Å². The first-order valence-corrected chi connectivity index (χ1v) is 6.54. The van der Waals surface area contributed by atoms with E-state index in [9.17, 15) is 0 Å². The molecule has 1 aliphatic heterocycles. The minimum atomic E-state index is 0.306. The number of hydrogen-bond acceptors (Lipinski definition) is 2. The van der Waals surface area contributed by atoms with E-state index in [1.165, 1.54) is 0 Å². The summed E-state index contributed by atoms with van der Waals surface area (Å²) in [4.78, 5) is 0. The van der Waals surface area contributed by atoms with Crippen molar-refractivity contribution < 1.29 is 14.0 Å². The van der Waals surface area contributed by atoms with E-state index in [2.05, 4.69) is 29.4 Å². The molecule has 0 unspecified atom stereocenters. The van der Waals surface area contributed by atoms with Gasteiger partial charge in [-0.3, -0.25) is 0 Å². The molecule has 1 aromatic carbocycles. The van der Waals surface area contributed by atoms with Crippen LogP contribution in [0.15, 0.2) is 55.3 Å². The fourth-order valence-electron chi connectivity index (χ4n) is 2.14. The maximum Gasteiger partial charge on any atom is 0.231 e. The van der Waals surface area contributed by atoms with E-state index >= 15 is 0 Å². The Bertz CT molecular complexity index is 662. The summed E-state index contributed by atoms with van der Waals surface area (Å²) in [5.41, 5.74) is 2.22. The summed E-state index contributed by atoms with van der Waals surface area (Å²) in [6.45, 7) is 4.88. The molecule has 0 saturated carbocycles. The highest BCUT2D eigenvalue weighted by atomic mass is 16.7. The number of ether oxygens (including phenoxy) is 2. The summed E-state index contributed by atoms with van der Waals surface area (Å²) >= 11 is 0. The van der Waals surface area contributed by atoms with Gasteiger partial charge in [-0.25, -0.2) is 0 Å². The van der Waals surface area contributed by atoms with Crippen molar-refractivity contribution in [3.63, 3.8) is 0 Å². The third-order valence-corrected chi connectivity index (χ3v) is 3.14. The van der Waals surface area contributed by atoms with Crippen molar-refractivity contribution >= 4 is 12.2 Å². The molecule has 0 amide bonds. The van der Waals surface area contributed by atoms with E-state index < -0.39 is 0 Å². The molecule has 2 aromatic rings. The molecule has 0 spiro atoms. The van der Waals surface area contributed by atoms with Crippen molar-refractivity contribution in [3.8, 4) is 11.5 Å². The molecule has 0 fully saturated rings. The molecule has 1 aliphatic rings. The van der Waals surface area contributed by atoms with Crippen LogP contribution in [0.1, 0.15) is 11.3 Å². The third kappa shape index (κ3) is 2.57. The highest BCUT2D eigenvalue weighted by Crippen LogP contribution is 2.32. The SMILES string of the molecule is C=CC[n+]1ccccc1C=Cc1ccc2c(c1)OCO2. The van der Waals surface area contributed by atoms with E-state index in [0.717, 1.165) is 29.3 Å². The average molecular weight is 266 g/mol. The summed E-state index contributed by atoms with van der Waals surface area (Å²) in [5.74, 6) is 1.61. The van der Waals surface area contributed by atoms with Crippen molar-refractivity contribution in [3.05, 3.63) is 66.5 Å². The minimum Gasteiger partial charge on any atom is -0.454 e.